The molecule has 5 nitrogen and oxygen atoms in total. The zero-order valence-corrected chi connectivity index (χ0v) is 16.4. The average Bonchev–Trinajstić information content (AvgIpc) is 2.68. The molecule has 1 atom stereocenters. The van der Waals surface area contributed by atoms with Crippen LogP contribution < -0.4 is 10.1 Å². The summed E-state index contributed by atoms with van der Waals surface area (Å²) in [5, 5.41) is 4.76. The summed E-state index contributed by atoms with van der Waals surface area (Å²) in [6.07, 6.45) is -0.963. The number of amides is 1. The lowest BCUT2D eigenvalue weighted by Crippen LogP contribution is -2.30. The summed E-state index contributed by atoms with van der Waals surface area (Å²) in [4.78, 5) is 24.9. The van der Waals surface area contributed by atoms with Gasteiger partial charge in [0.15, 0.2) is 6.10 Å². The topological polar surface area (TPSA) is 64.6 Å². The van der Waals surface area contributed by atoms with Crippen LogP contribution in [-0.2, 0) is 9.53 Å². The Hall–Kier alpha value is -2.86. The van der Waals surface area contributed by atoms with E-state index in [9.17, 15) is 9.59 Å². The first kappa shape index (κ1) is 18.9. The maximum atomic E-state index is 12.5. The average molecular weight is 428 g/mol. The first-order valence-corrected chi connectivity index (χ1v) is 9.12. The van der Waals surface area contributed by atoms with Crippen LogP contribution in [0, 0.1) is 0 Å². The van der Waals surface area contributed by atoms with Crippen molar-refractivity contribution in [2.45, 2.75) is 13.0 Å². The lowest BCUT2D eigenvalue weighted by molar-refractivity contribution is -0.123. The molecule has 0 aliphatic heterocycles. The molecule has 138 valence electrons. The molecular weight excluding hydrogens is 410 g/mol. The number of methoxy groups -OCH3 is 1. The highest BCUT2D eigenvalue weighted by Crippen LogP contribution is 2.25. The fourth-order valence-electron chi connectivity index (χ4n) is 2.63. The molecule has 6 heteroatoms. The Morgan fingerprint density at radius 2 is 1.78 bits per heavy atom. The number of nitrogens with one attached hydrogen (secondary N) is 1. The number of anilines is 1. The van der Waals surface area contributed by atoms with Crippen molar-refractivity contribution >= 4 is 44.3 Å². The summed E-state index contributed by atoms with van der Waals surface area (Å²) in [5.74, 6) is -0.488. The van der Waals surface area contributed by atoms with Gasteiger partial charge in [0.25, 0.3) is 5.91 Å². The molecule has 0 heterocycles. The standard InChI is InChI=1S/C21H18BrNO4/c1-13(27-21(25)17-12-15(26-2)10-11-18(17)22)20(24)23-19-9-5-7-14-6-3-4-8-16(14)19/h3-13H,1-2H3,(H,23,24)/t13-/m0/s1. The van der Waals surface area contributed by atoms with Crippen LogP contribution in [0.3, 0.4) is 0 Å². The van der Waals surface area contributed by atoms with Crippen molar-refractivity contribution < 1.29 is 19.1 Å². The molecule has 1 amide bonds. The van der Waals surface area contributed by atoms with Crippen LogP contribution in [0.4, 0.5) is 5.69 Å². The molecule has 0 aliphatic rings. The van der Waals surface area contributed by atoms with Crippen LogP contribution in [-0.4, -0.2) is 25.1 Å². The van der Waals surface area contributed by atoms with E-state index in [1.807, 2.05) is 42.5 Å². The highest BCUT2D eigenvalue weighted by atomic mass is 79.9. The van der Waals surface area contributed by atoms with Gasteiger partial charge in [-0.05, 0) is 52.5 Å². The van der Waals surface area contributed by atoms with Crippen molar-refractivity contribution in [1.82, 2.24) is 0 Å². The predicted octanol–water partition coefficient (Wildman–Crippen LogP) is 4.79. The van der Waals surface area contributed by atoms with Crippen molar-refractivity contribution in [1.29, 1.82) is 0 Å². The van der Waals surface area contributed by atoms with E-state index in [1.54, 1.807) is 18.2 Å². The van der Waals surface area contributed by atoms with Crippen LogP contribution in [0.25, 0.3) is 10.8 Å². The second-order valence-electron chi connectivity index (χ2n) is 5.91. The van der Waals surface area contributed by atoms with Crippen molar-refractivity contribution in [3.8, 4) is 5.75 Å². The molecule has 1 N–H and O–H groups in total. The van der Waals surface area contributed by atoms with Crippen LogP contribution in [0.1, 0.15) is 17.3 Å². The minimum Gasteiger partial charge on any atom is -0.497 e. The maximum absolute atomic E-state index is 12.5. The number of fused-ring (bicyclic) bond motifs is 1. The second kappa shape index (κ2) is 8.22. The summed E-state index contributed by atoms with van der Waals surface area (Å²) in [5.41, 5.74) is 0.961. The summed E-state index contributed by atoms with van der Waals surface area (Å²) < 4.78 is 11.0. The van der Waals surface area contributed by atoms with Crippen LogP contribution in [0.5, 0.6) is 5.75 Å². The molecule has 0 spiro atoms. The van der Waals surface area contributed by atoms with Gasteiger partial charge in [-0.25, -0.2) is 4.79 Å². The van der Waals surface area contributed by atoms with Gasteiger partial charge in [-0.15, -0.1) is 0 Å². The number of halogens is 1. The third-order valence-corrected chi connectivity index (χ3v) is 4.79. The number of carbonyl (C=O) groups is 2. The maximum Gasteiger partial charge on any atom is 0.340 e. The Balaban J connectivity index is 1.73. The Morgan fingerprint density at radius 3 is 2.56 bits per heavy atom. The van der Waals surface area contributed by atoms with Crippen molar-refractivity contribution in [2.24, 2.45) is 0 Å². The molecule has 3 rings (SSSR count). The minimum absolute atomic E-state index is 0.291. The lowest BCUT2D eigenvalue weighted by Gasteiger charge is -2.15. The van der Waals surface area contributed by atoms with E-state index >= 15 is 0 Å². The SMILES string of the molecule is COc1ccc(Br)c(C(=O)O[C@@H](C)C(=O)Nc2cccc3ccccc23)c1. The number of hydrogen-bond acceptors (Lipinski definition) is 4. The molecule has 0 saturated carbocycles. The number of ether oxygens (including phenoxy) is 2. The largest absolute Gasteiger partial charge is 0.497 e. The molecule has 0 unspecified atom stereocenters. The fourth-order valence-corrected chi connectivity index (χ4v) is 3.04. The third-order valence-electron chi connectivity index (χ3n) is 4.09. The summed E-state index contributed by atoms with van der Waals surface area (Å²) in [6.45, 7) is 1.53. The number of benzene rings is 3. The quantitative estimate of drug-likeness (QED) is 0.594. The van der Waals surface area contributed by atoms with E-state index < -0.39 is 18.0 Å². The Bertz CT molecular complexity index is 997. The fraction of sp³-hybridized carbons (Fsp3) is 0.143. The van der Waals surface area contributed by atoms with E-state index in [-0.39, 0.29) is 0 Å². The highest BCUT2D eigenvalue weighted by Gasteiger charge is 2.21. The summed E-state index contributed by atoms with van der Waals surface area (Å²) >= 11 is 3.31. The van der Waals surface area contributed by atoms with Gasteiger partial charge < -0.3 is 14.8 Å². The molecule has 0 saturated heterocycles. The Kier molecular flexibility index (Phi) is 5.76. The first-order chi connectivity index (χ1) is 13.0. The van der Waals surface area contributed by atoms with Crippen molar-refractivity contribution in [3.05, 3.63) is 70.7 Å². The van der Waals surface area contributed by atoms with Gasteiger partial charge in [0, 0.05) is 15.5 Å². The van der Waals surface area contributed by atoms with Crippen molar-refractivity contribution in [2.75, 3.05) is 12.4 Å². The van der Waals surface area contributed by atoms with E-state index in [2.05, 4.69) is 21.2 Å². The second-order valence-corrected chi connectivity index (χ2v) is 6.76. The highest BCUT2D eigenvalue weighted by molar-refractivity contribution is 9.10. The molecule has 0 bridgehead atoms. The van der Waals surface area contributed by atoms with Gasteiger partial charge in [0.2, 0.25) is 0 Å². The van der Waals surface area contributed by atoms with E-state index in [0.29, 0.717) is 21.5 Å². The van der Waals surface area contributed by atoms with Gasteiger partial charge in [0.1, 0.15) is 5.75 Å². The normalized spacial score (nSPS) is 11.7. The van der Waals surface area contributed by atoms with Gasteiger partial charge in [0.05, 0.1) is 12.7 Å². The predicted molar refractivity (Wildman–Crippen MR) is 108 cm³/mol. The number of esters is 1. The number of hydrogen-bond donors (Lipinski definition) is 1. The van der Waals surface area contributed by atoms with Crippen LogP contribution in [0.15, 0.2) is 65.1 Å². The lowest BCUT2D eigenvalue weighted by atomic mass is 10.1. The van der Waals surface area contributed by atoms with Gasteiger partial charge in [-0.3, -0.25) is 4.79 Å². The molecule has 3 aromatic rings. The number of carbonyl (C=O) groups excluding carboxylic acids is 2. The zero-order valence-electron chi connectivity index (χ0n) is 14.9. The number of rotatable bonds is 5. The van der Waals surface area contributed by atoms with Gasteiger partial charge in [-0.2, -0.15) is 0 Å². The van der Waals surface area contributed by atoms with Crippen LogP contribution >= 0.6 is 15.9 Å². The van der Waals surface area contributed by atoms with E-state index in [4.69, 9.17) is 9.47 Å². The molecule has 27 heavy (non-hydrogen) atoms. The molecular formula is C21H18BrNO4. The molecule has 0 aromatic heterocycles. The van der Waals surface area contributed by atoms with E-state index in [1.165, 1.54) is 14.0 Å². The first-order valence-electron chi connectivity index (χ1n) is 8.32. The van der Waals surface area contributed by atoms with Gasteiger partial charge in [-0.1, -0.05) is 36.4 Å². The summed E-state index contributed by atoms with van der Waals surface area (Å²) in [6, 6.07) is 18.3. The monoisotopic (exact) mass is 427 g/mol. The van der Waals surface area contributed by atoms with Gasteiger partial charge >= 0.3 is 5.97 Å². The Morgan fingerprint density at radius 1 is 1.04 bits per heavy atom. The zero-order chi connectivity index (χ0) is 19.4. The molecule has 0 radical (unpaired) electrons. The molecule has 3 aromatic carbocycles. The van der Waals surface area contributed by atoms with Crippen molar-refractivity contribution in [3.63, 3.8) is 0 Å². The third kappa shape index (κ3) is 4.28. The van der Waals surface area contributed by atoms with E-state index in [0.717, 1.165) is 10.8 Å². The minimum atomic E-state index is -0.963. The molecule has 0 aliphatic carbocycles. The summed E-state index contributed by atoms with van der Waals surface area (Å²) in [7, 11) is 1.51. The van der Waals surface area contributed by atoms with Crippen LogP contribution in [0.2, 0.25) is 0 Å². The molecule has 0 fully saturated rings. The smallest absolute Gasteiger partial charge is 0.340 e. The Labute approximate surface area is 165 Å².